The first-order chi connectivity index (χ1) is 20.5. The van der Waals surface area contributed by atoms with Gasteiger partial charge in [0.15, 0.2) is 0 Å². The first-order valence-electron chi connectivity index (χ1n) is 15.5. The van der Waals surface area contributed by atoms with Gasteiger partial charge in [-0.05, 0) is 63.4 Å². The maximum atomic E-state index is 14.3. The number of carbonyl (C=O) groups excluding carboxylic acids is 3. The zero-order valence-corrected chi connectivity index (χ0v) is 26.9. The van der Waals surface area contributed by atoms with Crippen molar-refractivity contribution in [3.8, 4) is 0 Å². The van der Waals surface area contributed by atoms with Gasteiger partial charge in [-0.15, -0.1) is 0 Å². The normalized spacial score (nSPS) is 16.3. The summed E-state index contributed by atoms with van der Waals surface area (Å²) in [5, 5.41) is 20.3. The van der Waals surface area contributed by atoms with Crippen molar-refractivity contribution in [3.63, 3.8) is 0 Å². The highest BCUT2D eigenvalue weighted by Crippen LogP contribution is 2.42. The Morgan fingerprint density at radius 3 is 2.18 bits per heavy atom. The van der Waals surface area contributed by atoms with Gasteiger partial charge < -0.3 is 31.1 Å². The van der Waals surface area contributed by atoms with Crippen LogP contribution < -0.4 is 21.3 Å². The molecule has 248 valence electrons. The average molecular weight is 625 g/mol. The summed E-state index contributed by atoms with van der Waals surface area (Å²) in [6.45, 7) is 11.3. The number of benzene rings is 1. The second kappa shape index (κ2) is 16.6. The van der Waals surface area contributed by atoms with E-state index in [1.165, 1.54) is 6.07 Å². The Labute approximate surface area is 259 Å². The lowest BCUT2D eigenvalue weighted by Gasteiger charge is -2.43. The first-order valence-corrected chi connectivity index (χ1v) is 15.5. The second-order valence-electron chi connectivity index (χ2n) is 13.7. The molecule has 44 heavy (non-hydrogen) atoms. The third-order valence-electron chi connectivity index (χ3n) is 7.75. The molecule has 1 saturated carbocycles. The molecular weight excluding hydrogens is 574 g/mol. The van der Waals surface area contributed by atoms with Crippen molar-refractivity contribution in [2.75, 3.05) is 6.54 Å². The fraction of sp³-hybridized carbons (Fsp3) is 0.688. The fourth-order valence-electron chi connectivity index (χ4n) is 5.82. The van der Waals surface area contributed by atoms with Crippen molar-refractivity contribution >= 4 is 24.0 Å². The quantitative estimate of drug-likeness (QED) is 0.180. The van der Waals surface area contributed by atoms with Crippen LogP contribution in [0.25, 0.3) is 0 Å². The van der Waals surface area contributed by atoms with Gasteiger partial charge in [-0.25, -0.2) is 23.2 Å². The highest BCUT2D eigenvalue weighted by atomic mass is 19.1. The Kier molecular flexibility index (Phi) is 13.8. The monoisotopic (exact) mass is 624 g/mol. The molecule has 1 unspecified atom stereocenters. The van der Waals surface area contributed by atoms with Gasteiger partial charge in [0.2, 0.25) is 5.91 Å². The summed E-state index contributed by atoms with van der Waals surface area (Å²) in [6, 6.07) is 0.0357. The van der Waals surface area contributed by atoms with Crippen LogP contribution in [0.3, 0.4) is 0 Å². The molecule has 5 N–H and O–H groups in total. The zero-order chi connectivity index (χ0) is 33.1. The van der Waals surface area contributed by atoms with E-state index in [1.807, 2.05) is 20.8 Å². The molecule has 0 aromatic heterocycles. The van der Waals surface area contributed by atoms with Gasteiger partial charge in [0, 0.05) is 24.7 Å². The Morgan fingerprint density at radius 1 is 0.955 bits per heavy atom. The molecule has 12 heteroatoms. The summed E-state index contributed by atoms with van der Waals surface area (Å²) in [4.78, 5) is 50.6. The maximum Gasteiger partial charge on any atom is 0.407 e. The topological polar surface area (TPSA) is 146 Å². The minimum Gasteiger partial charge on any atom is -0.480 e. The van der Waals surface area contributed by atoms with E-state index in [0.29, 0.717) is 12.8 Å². The summed E-state index contributed by atoms with van der Waals surface area (Å²) in [5.41, 5.74) is -0.948. The van der Waals surface area contributed by atoms with Crippen molar-refractivity contribution in [2.45, 2.75) is 117 Å². The Hall–Kier alpha value is -3.44. The molecule has 1 fully saturated rings. The van der Waals surface area contributed by atoms with Crippen molar-refractivity contribution < 1.29 is 37.8 Å². The highest BCUT2D eigenvalue weighted by molar-refractivity contribution is 5.89. The van der Waals surface area contributed by atoms with Crippen LogP contribution in [-0.2, 0) is 20.9 Å². The second-order valence-corrected chi connectivity index (χ2v) is 13.7. The van der Waals surface area contributed by atoms with E-state index in [2.05, 4.69) is 21.3 Å². The predicted molar refractivity (Wildman–Crippen MR) is 163 cm³/mol. The molecule has 0 bridgehead atoms. The van der Waals surface area contributed by atoms with Crippen LogP contribution >= 0.6 is 0 Å². The van der Waals surface area contributed by atoms with Crippen LogP contribution in [0.5, 0.6) is 0 Å². The third kappa shape index (κ3) is 12.7. The van der Waals surface area contributed by atoms with Crippen molar-refractivity contribution in [2.24, 2.45) is 17.3 Å². The molecule has 1 aliphatic rings. The molecule has 0 radical (unpaired) electrons. The van der Waals surface area contributed by atoms with Crippen LogP contribution in [-0.4, -0.2) is 53.3 Å². The van der Waals surface area contributed by atoms with Crippen molar-refractivity contribution in [3.05, 3.63) is 35.4 Å². The van der Waals surface area contributed by atoms with E-state index >= 15 is 0 Å². The summed E-state index contributed by atoms with van der Waals surface area (Å²) in [6.07, 6.45) is 5.26. The average Bonchev–Trinajstić information content (AvgIpc) is 2.90. The molecule has 4 amide bonds. The molecule has 0 saturated heterocycles. The van der Waals surface area contributed by atoms with Gasteiger partial charge in [0.05, 0.1) is 0 Å². The van der Waals surface area contributed by atoms with Gasteiger partial charge in [0.1, 0.15) is 29.3 Å². The number of carboxylic acids is 1. The molecule has 2 rings (SSSR count). The van der Waals surface area contributed by atoms with E-state index in [0.717, 1.165) is 44.2 Å². The number of carboxylic acid groups (broad SMARTS) is 1. The predicted octanol–water partition coefficient (Wildman–Crippen LogP) is 5.64. The molecule has 0 aliphatic heterocycles. The number of nitrogens with one attached hydrogen (secondary N) is 4. The minimum atomic E-state index is -1.23. The molecule has 1 aromatic rings. The lowest BCUT2D eigenvalue weighted by molar-refractivity contribution is -0.139. The molecule has 0 heterocycles. The van der Waals surface area contributed by atoms with Gasteiger partial charge >= 0.3 is 18.1 Å². The molecular formula is C32H50F2N4O6. The maximum absolute atomic E-state index is 14.3. The number of halogens is 2. The lowest BCUT2D eigenvalue weighted by atomic mass is 9.65. The fourth-order valence-corrected chi connectivity index (χ4v) is 5.82. The highest BCUT2D eigenvalue weighted by Gasteiger charge is 2.43. The Morgan fingerprint density at radius 2 is 1.61 bits per heavy atom. The number of carbonyl (C=O) groups is 4. The van der Waals surface area contributed by atoms with Gasteiger partial charge in [-0.1, -0.05) is 58.9 Å². The van der Waals surface area contributed by atoms with E-state index in [1.54, 1.807) is 20.8 Å². The van der Waals surface area contributed by atoms with E-state index in [9.17, 15) is 33.1 Å². The van der Waals surface area contributed by atoms with Crippen LogP contribution in [0, 0.1) is 28.9 Å². The van der Waals surface area contributed by atoms with E-state index < -0.39 is 58.7 Å². The van der Waals surface area contributed by atoms with Crippen LogP contribution in [0.4, 0.5) is 18.4 Å². The summed E-state index contributed by atoms with van der Waals surface area (Å²) < 4.78 is 32.8. The largest absolute Gasteiger partial charge is 0.480 e. The summed E-state index contributed by atoms with van der Waals surface area (Å²) in [5.74, 6) is -3.45. The minimum absolute atomic E-state index is 0.0972. The van der Waals surface area contributed by atoms with Crippen molar-refractivity contribution in [1.29, 1.82) is 0 Å². The smallest absolute Gasteiger partial charge is 0.407 e. The number of aliphatic carboxylic acids is 1. The SMILES string of the molecule is CC(C)(C)OC(=O)NCCCC[C@H](NC(=O)N[C@@H](C(=O)NCc1ccc(F)cc1F)C(C1CCCCC1)C(C)(C)C)C(=O)O. The third-order valence-corrected chi connectivity index (χ3v) is 7.75. The lowest BCUT2D eigenvalue weighted by Crippen LogP contribution is -2.59. The van der Waals surface area contributed by atoms with Crippen LogP contribution in [0.2, 0.25) is 0 Å². The summed E-state index contributed by atoms with van der Waals surface area (Å²) in [7, 11) is 0. The number of urea groups is 1. The van der Waals surface area contributed by atoms with Gasteiger partial charge in [-0.3, -0.25) is 4.79 Å². The summed E-state index contributed by atoms with van der Waals surface area (Å²) >= 11 is 0. The Balaban J connectivity index is 2.12. The number of hydrogen-bond acceptors (Lipinski definition) is 5. The number of alkyl carbamates (subject to hydrolysis) is 1. The molecule has 1 aliphatic carbocycles. The van der Waals surface area contributed by atoms with E-state index in [-0.39, 0.29) is 36.9 Å². The Bertz CT molecular complexity index is 1130. The standard InChI is InChI=1S/C32H50F2N4O6/c1-31(2,3)25(20-12-8-7-9-13-20)26(27(39)36-19-21-15-16-22(33)18-23(21)34)38-29(42)37-24(28(40)41)14-10-11-17-35-30(43)44-32(4,5)6/h15-16,18,20,24-26H,7-14,17,19H2,1-6H3,(H,35,43)(H,36,39)(H,40,41)(H2,37,38,42)/t24-,25?,26+/m0/s1. The van der Waals surface area contributed by atoms with Crippen molar-refractivity contribution in [1.82, 2.24) is 21.3 Å². The first kappa shape index (κ1) is 36.8. The molecule has 10 nitrogen and oxygen atoms in total. The number of amides is 4. The van der Waals surface area contributed by atoms with Crippen LogP contribution in [0.15, 0.2) is 18.2 Å². The number of rotatable bonds is 13. The number of ether oxygens (including phenoxy) is 1. The zero-order valence-electron chi connectivity index (χ0n) is 26.9. The number of unbranched alkanes of at least 4 members (excludes halogenated alkanes) is 1. The van der Waals surface area contributed by atoms with E-state index in [4.69, 9.17) is 4.74 Å². The number of hydrogen-bond donors (Lipinski definition) is 5. The van der Waals surface area contributed by atoms with Crippen LogP contribution in [0.1, 0.15) is 98.5 Å². The molecule has 3 atom stereocenters. The van der Waals surface area contributed by atoms with Gasteiger partial charge in [-0.2, -0.15) is 0 Å². The molecule has 0 spiro atoms. The van der Waals surface area contributed by atoms with Gasteiger partial charge in [0.25, 0.3) is 0 Å². The molecule has 1 aromatic carbocycles.